The van der Waals surface area contributed by atoms with Crippen molar-refractivity contribution in [1.29, 1.82) is 0 Å². The quantitative estimate of drug-likeness (QED) is 0.301. The minimum atomic E-state index is -0.459. The van der Waals surface area contributed by atoms with E-state index in [1.165, 1.54) is 43.1 Å². The van der Waals surface area contributed by atoms with Crippen molar-refractivity contribution in [1.82, 2.24) is 19.6 Å². The third-order valence-corrected chi connectivity index (χ3v) is 7.24. The lowest BCUT2D eigenvalue weighted by molar-refractivity contribution is -0.384. The number of likely N-dealkylation sites (N-methyl/N-ethyl adjacent to an activating group) is 2. The minimum Gasteiger partial charge on any atom is -0.508 e. The van der Waals surface area contributed by atoms with Gasteiger partial charge in [-0.3, -0.25) is 29.5 Å². The molecule has 2 N–H and O–H groups in total. The SMILES string of the molecule is CC(=O)Nc1ccc(O)cc1.CN1C(=O)C2C(N=CN2CCN2CCN(c3ccc([N+](=O)[O-])cc3)CC2)N(C)C1=O. The van der Waals surface area contributed by atoms with E-state index in [0.29, 0.717) is 12.2 Å². The Labute approximate surface area is 237 Å². The maximum Gasteiger partial charge on any atom is 0.328 e. The number of nitrogens with zero attached hydrogens (tertiary/aromatic N) is 7. The molecule has 2 fully saturated rings. The first-order chi connectivity index (χ1) is 19.5. The Morgan fingerprint density at radius 1 is 1.02 bits per heavy atom. The van der Waals surface area contributed by atoms with E-state index >= 15 is 0 Å². The third-order valence-electron chi connectivity index (χ3n) is 7.24. The predicted octanol–water partition coefficient (Wildman–Crippen LogP) is 1.63. The van der Waals surface area contributed by atoms with Crippen LogP contribution < -0.4 is 10.2 Å². The standard InChI is InChI=1S/C19H25N7O4.C8H9NO2/c1-21-17-16(18(27)22(2)19(21)28)25(13-20-17)12-9-23-7-10-24(11-8-23)14-3-5-15(6-4-14)26(29)30;1-6(10)9-7-2-4-8(11)5-3-7/h3-6,13,16-17H,7-12H2,1-2H3;2-5,11H,1H3,(H,9,10). The van der Waals surface area contributed by atoms with Gasteiger partial charge in [0, 0.05) is 83.8 Å². The Balaban J connectivity index is 0.000000296. The highest BCUT2D eigenvalue weighted by atomic mass is 16.6. The van der Waals surface area contributed by atoms with E-state index in [1.807, 2.05) is 4.90 Å². The summed E-state index contributed by atoms with van der Waals surface area (Å²) >= 11 is 0. The number of aromatic hydroxyl groups is 1. The molecule has 2 unspecified atom stereocenters. The summed E-state index contributed by atoms with van der Waals surface area (Å²) in [5.41, 5.74) is 1.77. The first-order valence-electron chi connectivity index (χ1n) is 13.2. The zero-order valence-corrected chi connectivity index (χ0v) is 23.2. The summed E-state index contributed by atoms with van der Waals surface area (Å²) in [6, 6.07) is 12.2. The molecule has 218 valence electrons. The van der Waals surface area contributed by atoms with Gasteiger partial charge in [-0.1, -0.05) is 0 Å². The van der Waals surface area contributed by atoms with Gasteiger partial charge in [0.2, 0.25) is 5.91 Å². The molecule has 41 heavy (non-hydrogen) atoms. The molecule has 0 bridgehead atoms. The number of phenolic OH excluding ortho intramolecular Hbond substituents is 1. The lowest BCUT2D eigenvalue weighted by atomic mass is 10.1. The topological polar surface area (TPSA) is 155 Å². The molecule has 2 atom stereocenters. The van der Waals surface area contributed by atoms with Gasteiger partial charge in [-0.05, 0) is 36.4 Å². The number of non-ortho nitro benzene ring substituents is 1. The van der Waals surface area contributed by atoms with Gasteiger partial charge in [0.25, 0.3) is 11.6 Å². The Bertz CT molecular complexity index is 1290. The van der Waals surface area contributed by atoms with Crippen molar-refractivity contribution in [3.05, 3.63) is 58.6 Å². The van der Waals surface area contributed by atoms with Crippen molar-refractivity contribution in [2.24, 2.45) is 4.99 Å². The number of carbonyl (C=O) groups is 3. The van der Waals surface area contributed by atoms with Gasteiger partial charge in [0.15, 0.2) is 12.2 Å². The van der Waals surface area contributed by atoms with Gasteiger partial charge in [0.1, 0.15) is 5.75 Å². The number of imide groups is 1. The molecule has 4 amide bonds. The fourth-order valence-electron chi connectivity index (χ4n) is 4.92. The Morgan fingerprint density at radius 2 is 1.66 bits per heavy atom. The molecule has 0 spiro atoms. The summed E-state index contributed by atoms with van der Waals surface area (Å²) in [4.78, 5) is 59.1. The number of anilines is 2. The van der Waals surface area contributed by atoms with Gasteiger partial charge >= 0.3 is 6.03 Å². The van der Waals surface area contributed by atoms with Crippen LogP contribution in [0.4, 0.5) is 21.9 Å². The number of amides is 4. The van der Waals surface area contributed by atoms with E-state index in [0.717, 1.165) is 43.3 Å². The van der Waals surface area contributed by atoms with Crippen molar-refractivity contribution >= 4 is 41.2 Å². The van der Waals surface area contributed by atoms with E-state index in [1.54, 1.807) is 37.7 Å². The number of nitro groups is 1. The molecule has 3 aliphatic heterocycles. The number of phenols is 1. The smallest absolute Gasteiger partial charge is 0.328 e. The van der Waals surface area contributed by atoms with Crippen molar-refractivity contribution in [3.63, 3.8) is 0 Å². The molecule has 0 aromatic heterocycles. The van der Waals surface area contributed by atoms with Crippen LogP contribution in [0.1, 0.15) is 6.92 Å². The van der Waals surface area contributed by atoms with E-state index in [4.69, 9.17) is 5.11 Å². The predicted molar refractivity (Wildman–Crippen MR) is 153 cm³/mol. The molecule has 2 aromatic carbocycles. The van der Waals surface area contributed by atoms with Crippen molar-refractivity contribution in [2.45, 2.75) is 19.1 Å². The largest absolute Gasteiger partial charge is 0.508 e. The molecular formula is C27H34N8O6. The van der Waals surface area contributed by atoms with E-state index in [-0.39, 0.29) is 29.3 Å². The first kappa shape index (κ1) is 29.3. The number of fused-ring (bicyclic) bond motifs is 1. The number of nitro benzene ring substituents is 1. The lowest BCUT2D eigenvalue weighted by Crippen LogP contribution is -2.64. The maximum absolute atomic E-state index is 12.6. The summed E-state index contributed by atoms with van der Waals surface area (Å²) in [7, 11) is 3.17. The van der Waals surface area contributed by atoms with Crippen molar-refractivity contribution < 1.29 is 24.4 Å². The second-order valence-corrected chi connectivity index (χ2v) is 9.98. The zero-order valence-electron chi connectivity index (χ0n) is 23.2. The summed E-state index contributed by atoms with van der Waals surface area (Å²) < 4.78 is 0. The number of hydrogen-bond acceptors (Lipinski definition) is 10. The number of aliphatic imine (C=N–C) groups is 1. The van der Waals surface area contributed by atoms with E-state index in [9.17, 15) is 24.5 Å². The molecule has 0 radical (unpaired) electrons. The van der Waals surface area contributed by atoms with Crippen LogP contribution in [-0.2, 0) is 9.59 Å². The van der Waals surface area contributed by atoms with Gasteiger partial charge < -0.3 is 25.1 Å². The van der Waals surface area contributed by atoms with Crippen molar-refractivity contribution in [2.75, 3.05) is 63.6 Å². The lowest BCUT2D eigenvalue weighted by Gasteiger charge is -2.40. The molecule has 2 aromatic rings. The summed E-state index contributed by atoms with van der Waals surface area (Å²) in [6.45, 7) is 6.27. The van der Waals surface area contributed by atoms with Crippen molar-refractivity contribution in [3.8, 4) is 5.75 Å². The van der Waals surface area contributed by atoms with Crippen LogP contribution in [0.5, 0.6) is 5.75 Å². The molecule has 0 saturated carbocycles. The van der Waals surface area contributed by atoms with Crippen LogP contribution in [0.3, 0.4) is 0 Å². The monoisotopic (exact) mass is 566 g/mol. The first-order valence-corrected chi connectivity index (χ1v) is 13.2. The molecule has 5 rings (SSSR count). The maximum atomic E-state index is 12.6. The zero-order chi connectivity index (χ0) is 29.7. The van der Waals surface area contributed by atoms with Gasteiger partial charge in [-0.25, -0.2) is 9.79 Å². The number of hydrogen-bond donors (Lipinski definition) is 2. The highest BCUT2D eigenvalue weighted by Crippen LogP contribution is 2.25. The highest BCUT2D eigenvalue weighted by Gasteiger charge is 2.48. The Morgan fingerprint density at radius 3 is 2.24 bits per heavy atom. The molecule has 14 nitrogen and oxygen atoms in total. The number of piperazine rings is 1. The minimum absolute atomic E-state index is 0.0956. The van der Waals surface area contributed by atoms with Gasteiger partial charge in [0.05, 0.1) is 11.3 Å². The average molecular weight is 567 g/mol. The fraction of sp³-hybridized carbons (Fsp3) is 0.407. The van der Waals surface area contributed by atoms with Gasteiger partial charge in [-0.2, -0.15) is 0 Å². The normalized spacial score (nSPS) is 20.5. The van der Waals surface area contributed by atoms with Crippen LogP contribution >= 0.6 is 0 Å². The van der Waals surface area contributed by atoms with E-state index < -0.39 is 17.1 Å². The number of benzene rings is 2. The number of carbonyl (C=O) groups excluding carboxylic acids is 3. The second-order valence-electron chi connectivity index (χ2n) is 9.98. The molecular weight excluding hydrogens is 532 g/mol. The Kier molecular flexibility index (Phi) is 9.02. The second kappa shape index (κ2) is 12.6. The third kappa shape index (κ3) is 6.90. The van der Waals surface area contributed by atoms with Crippen LogP contribution in [-0.4, -0.2) is 119 Å². The number of rotatable bonds is 6. The van der Waals surface area contributed by atoms with Crippen LogP contribution in [0.2, 0.25) is 0 Å². The summed E-state index contributed by atoms with van der Waals surface area (Å²) in [5, 5.41) is 22.3. The van der Waals surface area contributed by atoms with Gasteiger partial charge in [-0.15, -0.1) is 0 Å². The number of nitrogens with one attached hydrogen (secondary N) is 1. The molecule has 2 saturated heterocycles. The molecule has 3 heterocycles. The fourth-order valence-corrected chi connectivity index (χ4v) is 4.92. The Hall–Kier alpha value is -4.72. The van der Waals surface area contributed by atoms with Crippen LogP contribution in [0.25, 0.3) is 0 Å². The molecule has 0 aliphatic carbocycles. The van der Waals surface area contributed by atoms with Crippen LogP contribution in [0.15, 0.2) is 53.5 Å². The highest BCUT2D eigenvalue weighted by molar-refractivity contribution is 6.01. The van der Waals surface area contributed by atoms with E-state index in [2.05, 4.69) is 20.1 Å². The van der Waals surface area contributed by atoms with Crippen LogP contribution in [0, 0.1) is 10.1 Å². The summed E-state index contributed by atoms with van der Waals surface area (Å²) in [6.07, 6.45) is 1.23. The number of urea groups is 1. The average Bonchev–Trinajstić information content (AvgIpc) is 3.40. The molecule has 14 heteroatoms. The molecule has 3 aliphatic rings. The summed E-state index contributed by atoms with van der Waals surface area (Å²) in [5.74, 6) is -0.140.